The zero-order chi connectivity index (χ0) is 28.2. The third-order valence-corrected chi connectivity index (χ3v) is 9.52. The second-order valence-corrected chi connectivity index (χ2v) is 12.1. The van der Waals surface area contributed by atoms with E-state index in [0.29, 0.717) is 0 Å². The molecule has 0 spiro atoms. The number of benzene rings is 6. The van der Waals surface area contributed by atoms with E-state index in [1.54, 1.807) is 0 Å². The Morgan fingerprint density at radius 3 is 1.31 bits per heavy atom. The fourth-order valence-electron chi connectivity index (χ4n) is 7.72. The van der Waals surface area contributed by atoms with Gasteiger partial charge in [0.1, 0.15) is 0 Å². The molecule has 0 heterocycles. The number of aryl methyl sites for hydroxylation is 2. The highest BCUT2D eigenvalue weighted by Gasteiger charge is 2.26. The van der Waals surface area contributed by atoms with Crippen molar-refractivity contribution in [1.29, 1.82) is 0 Å². The van der Waals surface area contributed by atoms with Gasteiger partial charge in [0.25, 0.3) is 0 Å². The van der Waals surface area contributed by atoms with E-state index >= 15 is 0 Å². The SMILES string of the molecule is CC1=C(c2cccc3ccccc23)c2c(CCc3cccc4c3C(c3cccc5ccccc35)=C(C)C4)cccc2C1. The lowest BCUT2D eigenvalue weighted by molar-refractivity contribution is 0.948. The Morgan fingerprint density at radius 2 is 0.833 bits per heavy atom. The molecule has 8 rings (SSSR count). The largest absolute Gasteiger partial charge is 0.0617 e. The molecule has 0 bridgehead atoms. The van der Waals surface area contributed by atoms with Crippen LogP contribution in [0.5, 0.6) is 0 Å². The first-order valence-electron chi connectivity index (χ1n) is 15.3. The Kier molecular flexibility index (Phi) is 5.97. The number of allylic oxidation sites excluding steroid dienone is 2. The van der Waals surface area contributed by atoms with Gasteiger partial charge in [-0.2, -0.15) is 0 Å². The number of hydrogen-bond acceptors (Lipinski definition) is 0. The molecule has 0 aromatic heterocycles. The van der Waals surface area contributed by atoms with E-state index in [2.05, 4.69) is 135 Å². The molecule has 6 aromatic carbocycles. The maximum atomic E-state index is 2.37. The van der Waals surface area contributed by atoms with Crippen LogP contribution >= 0.6 is 0 Å². The first-order valence-corrected chi connectivity index (χ1v) is 15.3. The smallest absolute Gasteiger partial charge is 0.00542 e. The normalized spacial score (nSPS) is 14.2. The Bertz CT molecular complexity index is 1940. The van der Waals surface area contributed by atoms with Gasteiger partial charge >= 0.3 is 0 Å². The summed E-state index contributed by atoms with van der Waals surface area (Å²) < 4.78 is 0. The molecule has 0 saturated heterocycles. The van der Waals surface area contributed by atoms with Crippen LogP contribution in [0.2, 0.25) is 0 Å². The van der Waals surface area contributed by atoms with Crippen molar-refractivity contribution in [2.24, 2.45) is 0 Å². The Balaban J connectivity index is 1.20. The fourth-order valence-corrected chi connectivity index (χ4v) is 7.72. The lowest BCUT2D eigenvalue weighted by Crippen LogP contribution is -2.02. The lowest BCUT2D eigenvalue weighted by Gasteiger charge is -2.18. The predicted octanol–water partition coefficient (Wildman–Crippen LogP) is 10.5. The van der Waals surface area contributed by atoms with Gasteiger partial charge in [-0.25, -0.2) is 0 Å². The first-order chi connectivity index (χ1) is 20.7. The molecular weight excluding hydrogens is 504 g/mol. The molecule has 0 saturated carbocycles. The summed E-state index contributed by atoms with van der Waals surface area (Å²) in [6.07, 6.45) is 4.14. The van der Waals surface area contributed by atoms with Crippen molar-refractivity contribution in [2.75, 3.05) is 0 Å². The molecule has 0 unspecified atom stereocenters. The van der Waals surface area contributed by atoms with Crippen molar-refractivity contribution in [3.05, 3.63) is 177 Å². The molecule has 0 N–H and O–H groups in total. The van der Waals surface area contributed by atoms with Crippen molar-refractivity contribution < 1.29 is 0 Å². The minimum absolute atomic E-state index is 1.03. The van der Waals surface area contributed by atoms with E-state index in [9.17, 15) is 0 Å². The number of hydrogen-bond donors (Lipinski definition) is 0. The highest BCUT2D eigenvalue weighted by molar-refractivity contribution is 6.02. The van der Waals surface area contributed by atoms with Crippen LogP contribution in [0.4, 0.5) is 0 Å². The van der Waals surface area contributed by atoms with Gasteiger partial charge in [0.2, 0.25) is 0 Å². The first kappa shape index (κ1) is 25.1. The zero-order valence-corrected chi connectivity index (χ0v) is 24.4. The second-order valence-electron chi connectivity index (χ2n) is 12.1. The van der Waals surface area contributed by atoms with Gasteiger partial charge < -0.3 is 0 Å². The lowest BCUT2D eigenvalue weighted by atomic mass is 9.86. The summed E-state index contributed by atoms with van der Waals surface area (Å²) in [4.78, 5) is 0. The van der Waals surface area contributed by atoms with E-state index in [1.165, 1.54) is 88.3 Å². The van der Waals surface area contributed by atoms with Gasteiger partial charge in [-0.05, 0) is 117 Å². The second kappa shape index (κ2) is 10.00. The summed E-state index contributed by atoms with van der Waals surface area (Å²) in [7, 11) is 0. The maximum absolute atomic E-state index is 2.37. The average Bonchev–Trinajstić information content (AvgIpc) is 3.55. The van der Waals surface area contributed by atoms with Gasteiger partial charge in [0.15, 0.2) is 0 Å². The van der Waals surface area contributed by atoms with Crippen LogP contribution < -0.4 is 0 Å². The fraction of sp³-hybridized carbons (Fsp3) is 0.143. The van der Waals surface area contributed by atoms with E-state index in [-0.39, 0.29) is 0 Å². The quantitative estimate of drug-likeness (QED) is 0.205. The van der Waals surface area contributed by atoms with Crippen LogP contribution in [0.25, 0.3) is 32.7 Å². The third-order valence-electron chi connectivity index (χ3n) is 9.52. The monoisotopic (exact) mass is 538 g/mol. The molecule has 42 heavy (non-hydrogen) atoms. The van der Waals surface area contributed by atoms with E-state index in [0.717, 1.165) is 25.7 Å². The molecule has 0 heteroatoms. The van der Waals surface area contributed by atoms with E-state index in [4.69, 9.17) is 0 Å². The molecule has 0 aliphatic heterocycles. The van der Waals surface area contributed by atoms with Crippen LogP contribution in [0, 0.1) is 0 Å². The molecule has 202 valence electrons. The highest BCUT2D eigenvalue weighted by atomic mass is 14.3. The minimum atomic E-state index is 1.03. The van der Waals surface area contributed by atoms with Gasteiger partial charge in [-0.15, -0.1) is 0 Å². The third kappa shape index (κ3) is 3.97. The van der Waals surface area contributed by atoms with Crippen molar-refractivity contribution in [3.63, 3.8) is 0 Å². The molecule has 0 amide bonds. The molecule has 2 aliphatic carbocycles. The molecule has 0 fully saturated rings. The zero-order valence-electron chi connectivity index (χ0n) is 24.4. The van der Waals surface area contributed by atoms with Gasteiger partial charge in [-0.1, -0.05) is 132 Å². The van der Waals surface area contributed by atoms with Crippen LogP contribution in [0.15, 0.2) is 132 Å². The number of fused-ring (bicyclic) bond motifs is 4. The van der Waals surface area contributed by atoms with Crippen molar-refractivity contribution in [3.8, 4) is 0 Å². The minimum Gasteiger partial charge on any atom is -0.0617 e. The van der Waals surface area contributed by atoms with E-state index < -0.39 is 0 Å². The molecule has 0 atom stereocenters. The molecule has 0 nitrogen and oxygen atoms in total. The summed E-state index contributed by atoms with van der Waals surface area (Å²) >= 11 is 0. The highest BCUT2D eigenvalue weighted by Crippen LogP contribution is 2.44. The van der Waals surface area contributed by atoms with Gasteiger partial charge in [0, 0.05) is 0 Å². The maximum Gasteiger partial charge on any atom is -0.00542 e. The summed E-state index contributed by atoms with van der Waals surface area (Å²) in [5, 5.41) is 5.31. The van der Waals surface area contributed by atoms with Gasteiger partial charge in [0.05, 0.1) is 0 Å². The van der Waals surface area contributed by atoms with Crippen LogP contribution in [-0.4, -0.2) is 0 Å². The summed E-state index contributed by atoms with van der Waals surface area (Å²) in [5.41, 5.74) is 17.4. The van der Waals surface area contributed by atoms with Crippen molar-refractivity contribution in [2.45, 2.75) is 39.5 Å². The topological polar surface area (TPSA) is 0 Å². The average molecular weight is 539 g/mol. The molecule has 0 radical (unpaired) electrons. The summed E-state index contributed by atoms with van der Waals surface area (Å²) in [5.74, 6) is 0. The Hall–Kier alpha value is -4.68. The molecule has 2 aliphatic rings. The number of rotatable bonds is 5. The summed E-state index contributed by atoms with van der Waals surface area (Å²) in [6.45, 7) is 4.66. The molecule has 6 aromatic rings. The van der Waals surface area contributed by atoms with Crippen molar-refractivity contribution >= 4 is 32.7 Å². The standard InChI is InChI=1S/C42H34/c1-27-25-33-17-7-15-31(41(33)39(27)37-21-9-13-29-11-3-5-19-35(29)37)23-24-32-16-8-18-34-26-28(2)40(42(32)34)38-22-10-14-30-12-4-6-20-36(30)38/h3-22H,23-26H2,1-2H3. The van der Waals surface area contributed by atoms with Crippen LogP contribution in [0.3, 0.4) is 0 Å². The Labute approximate surface area is 248 Å². The van der Waals surface area contributed by atoms with Crippen LogP contribution in [0.1, 0.15) is 58.4 Å². The predicted molar refractivity (Wildman–Crippen MR) is 179 cm³/mol. The Morgan fingerprint density at radius 1 is 0.429 bits per heavy atom. The van der Waals surface area contributed by atoms with Crippen molar-refractivity contribution in [1.82, 2.24) is 0 Å². The van der Waals surface area contributed by atoms with Gasteiger partial charge in [-0.3, -0.25) is 0 Å². The molecular formula is C42H34. The van der Waals surface area contributed by atoms with E-state index in [1.807, 2.05) is 0 Å². The van der Waals surface area contributed by atoms with Crippen LogP contribution in [-0.2, 0) is 25.7 Å². The summed E-state index contributed by atoms with van der Waals surface area (Å²) in [6, 6.07) is 45.2.